The lowest BCUT2D eigenvalue weighted by Gasteiger charge is -2.26. The topological polar surface area (TPSA) is 38.3 Å². The second kappa shape index (κ2) is 6.78. The molecule has 2 fully saturated rings. The van der Waals surface area contributed by atoms with Crippen LogP contribution in [0.4, 0.5) is 0 Å². The summed E-state index contributed by atoms with van der Waals surface area (Å²) in [7, 11) is 0. The first kappa shape index (κ1) is 16.0. The number of rotatable bonds is 5. The number of fused-ring (bicyclic) bond motifs is 3. The molecule has 0 unspecified atom stereocenters. The van der Waals surface area contributed by atoms with E-state index in [1.54, 1.807) is 0 Å². The summed E-state index contributed by atoms with van der Waals surface area (Å²) in [5, 5.41) is 3.28. The Morgan fingerprint density at radius 1 is 1.21 bits per heavy atom. The highest BCUT2D eigenvalue weighted by atomic mass is 16.5. The summed E-state index contributed by atoms with van der Waals surface area (Å²) in [6.07, 6.45) is 10.3. The van der Waals surface area contributed by atoms with Crippen LogP contribution in [0.5, 0.6) is 5.75 Å². The smallest absolute Gasteiger partial charge is 0.261 e. The second-order valence-electron chi connectivity index (χ2n) is 7.94. The average Bonchev–Trinajstić information content (AvgIpc) is 3.22. The summed E-state index contributed by atoms with van der Waals surface area (Å²) in [4.78, 5) is 12.7. The molecule has 2 bridgehead atoms. The third kappa shape index (κ3) is 3.18. The van der Waals surface area contributed by atoms with Crippen molar-refractivity contribution in [3.05, 3.63) is 29.3 Å². The Morgan fingerprint density at radius 2 is 2.04 bits per heavy atom. The Balaban J connectivity index is 1.39. The maximum absolute atomic E-state index is 12.7. The van der Waals surface area contributed by atoms with Crippen molar-refractivity contribution in [3.8, 4) is 5.75 Å². The minimum Gasteiger partial charge on any atom is -0.481 e. The fourth-order valence-electron chi connectivity index (χ4n) is 4.97. The predicted octanol–water partition coefficient (Wildman–Crippen LogP) is 4.03. The molecule has 1 amide bonds. The van der Waals surface area contributed by atoms with Gasteiger partial charge in [-0.25, -0.2) is 0 Å². The molecule has 1 aromatic carbocycles. The van der Waals surface area contributed by atoms with E-state index in [1.165, 1.54) is 56.1 Å². The lowest BCUT2D eigenvalue weighted by molar-refractivity contribution is -0.129. The Hall–Kier alpha value is -1.51. The van der Waals surface area contributed by atoms with Gasteiger partial charge in [0.25, 0.3) is 5.91 Å². The van der Waals surface area contributed by atoms with E-state index < -0.39 is 0 Å². The van der Waals surface area contributed by atoms with Gasteiger partial charge in [-0.15, -0.1) is 0 Å². The van der Waals surface area contributed by atoms with Gasteiger partial charge < -0.3 is 10.1 Å². The first-order valence-corrected chi connectivity index (χ1v) is 9.81. The van der Waals surface area contributed by atoms with Crippen LogP contribution in [0.15, 0.2) is 18.2 Å². The van der Waals surface area contributed by atoms with E-state index in [-0.39, 0.29) is 12.0 Å². The molecule has 1 aromatic rings. The molecule has 4 rings (SSSR count). The van der Waals surface area contributed by atoms with Gasteiger partial charge in [-0.1, -0.05) is 19.4 Å². The van der Waals surface area contributed by atoms with E-state index in [0.717, 1.165) is 18.1 Å². The molecule has 4 atom stereocenters. The first-order valence-electron chi connectivity index (χ1n) is 9.81. The van der Waals surface area contributed by atoms with Crippen molar-refractivity contribution in [3.63, 3.8) is 0 Å². The molecule has 24 heavy (non-hydrogen) atoms. The summed E-state index contributed by atoms with van der Waals surface area (Å²) in [5.41, 5.74) is 2.86. The number of carbonyl (C=O) groups excluding carboxylic acids is 1. The Labute approximate surface area is 145 Å². The fraction of sp³-hybridized carbons (Fsp3) is 0.667. The van der Waals surface area contributed by atoms with E-state index in [0.29, 0.717) is 18.4 Å². The van der Waals surface area contributed by atoms with Crippen LogP contribution in [0, 0.1) is 11.8 Å². The lowest BCUT2D eigenvalue weighted by atomic mass is 9.92. The molecule has 0 saturated heterocycles. The average molecular weight is 327 g/mol. The van der Waals surface area contributed by atoms with Gasteiger partial charge in [0, 0.05) is 6.04 Å². The summed E-state index contributed by atoms with van der Waals surface area (Å²) < 4.78 is 6.07. The molecule has 1 N–H and O–H groups in total. The standard InChI is InChI=1S/C21H29NO2/c1-2-20(21(23)22-19-12-14-7-8-17(19)11-14)24-18-10-9-15-5-3-4-6-16(15)13-18/h9-10,13-14,17,19-20H,2-8,11-12H2,1H3,(H,22,23)/t14-,17-,19-,20-/m1/s1. The Kier molecular flexibility index (Phi) is 4.51. The van der Waals surface area contributed by atoms with Crippen LogP contribution in [0.3, 0.4) is 0 Å². The normalized spacial score (nSPS) is 29.1. The second-order valence-corrected chi connectivity index (χ2v) is 7.94. The third-order valence-corrected chi connectivity index (χ3v) is 6.33. The highest BCUT2D eigenvalue weighted by Crippen LogP contribution is 2.44. The molecular weight excluding hydrogens is 298 g/mol. The molecule has 2 saturated carbocycles. The van der Waals surface area contributed by atoms with Gasteiger partial charge in [0.15, 0.2) is 6.10 Å². The molecule has 0 aromatic heterocycles. The van der Waals surface area contributed by atoms with Crippen LogP contribution < -0.4 is 10.1 Å². The number of hydrogen-bond acceptors (Lipinski definition) is 2. The maximum Gasteiger partial charge on any atom is 0.261 e. The van der Waals surface area contributed by atoms with Gasteiger partial charge in [-0.3, -0.25) is 4.79 Å². The van der Waals surface area contributed by atoms with Gasteiger partial charge >= 0.3 is 0 Å². The van der Waals surface area contributed by atoms with Crippen LogP contribution in [0.1, 0.15) is 63.0 Å². The van der Waals surface area contributed by atoms with Gasteiger partial charge in [0.2, 0.25) is 0 Å². The van der Waals surface area contributed by atoms with E-state index >= 15 is 0 Å². The molecular formula is C21H29NO2. The largest absolute Gasteiger partial charge is 0.481 e. The molecule has 0 aliphatic heterocycles. The van der Waals surface area contributed by atoms with E-state index in [4.69, 9.17) is 4.74 Å². The van der Waals surface area contributed by atoms with Crippen LogP contribution in [-0.2, 0) is 17.6 Å². The number of nitrogens with one attached hydrogen (secondary N) is 1. The highest BCUT2D eigenvalue weighted by molar-refractivity contribution is 5.81. The van der Waals surface area contributed by atoms with Crippen molar-refractivity contribution in [2.45, 2.75) is 76.9 Å². The number of amides is 1. The first-order chi connectivity index (χ1) is 11.7. The Bertz CT molecular complexity index is 612. The van der Waals surface area contributed by atoms with E-state index in [1.807, 2.05) is 13.0 Å². The highest BCUT2D eigenvalue weighted by Gasteiger charge is 2.40. The van der Waals surface area contributed by atoms with Crippen LogP contribution in [0.25, 0.3) is 0 Å². The molecule has 0 heterocycles. The summed E-state index contributed by atoms with van der Waals surface area (Å²) in [6.45, 7) is 2.03. The SMILES string of the molecule is CC[C@@H](Oc1ccc2c(c1)CCCC2)C(=O)N[C@@H]1C[C@@H]2CC[C@@H]1C2. The number of carbonyl (C=O) groups is 1. The van der Waals surface area contributed by atoms with Crippen LogP contribution >= 0.6 is 0 Å². The monoisotopic (exact) mass is 327 g/mol. The molecule has 0 radical (unpaired) electrons. The number of aryl methyl sites for hydroxylation is 2. The summed E-state index contributed by atoms with van der Waals surface area (Å²) >= 11 is 0. The van der Waals surface area contributed by atoms with Crippen molar-refractivity contribution >= 4 is 5.91 Å². The molecule has 0 spiro atoms. The lowest BCUT2D eigenvalue weighted by Crippen LogP contribution is -2.45. The van der Waals surface area contributed by atoms with Crippen molar-refractivity contribution in [1.82, 2.24) is 5.32 Å². The quantitative estimate of drug-likeness (QED) is 0.887. The molecule has 3 aliphatic carbocycles. The zero-order chi connectivity index (χ0) is 16.5. The van der Waals surface area contributed by atoms with Crippen molar-refractivity contribution in [2.24, 2.45) is 11.8 Å². The Morgan fingerprint density at radius 3 is 2.75 bits per heavy atom. The van der Waals surface area contributed by atoms with Gasteiger partial charge in [0.1, 0.15) is 5.75 Å². The van der Waals surface area contributed by atoms with Gasteiger partial charge in [0.05, 0.1) is 0 Å². The zero-order valence-corrected chi connectivity index (χ0v) is 14.7. The van der Waals surface area contributed by atoms with E-state index in [2.05, 4.69) is 17.4 Å². The number of benzene rings is 1. The van der Waals surface area contributed by atoms with Crippen molar-refractivity contribution in [2.75, 3.05) is 0 Å². The van der Waals surface area contributed by atoms with Gasteiger partial charge in [-0.05, 0) is 86.5 Å². The minimum atomic E-state index is -0.370. The number of hydrogen-bond donors (Lipinski definition) is 1. The molecule has 3 aliphatic rings. The van der Waals surface area contributed by atoms with Gasteiger partial charge in [-0.2, -0.15) is 0 Å². The molecule has 130 valence electrons. The van der Waals surface area contributed by atoms with Crippen LogP contribution in [0.2, 0.25) is 0 Å². The maximum atomic E-state index is 12.7. The summed E-state index contributed by atoms with van der Waals surface area (Å²) in [5.74, 6) is 2.49. The molecule has 3 heteroatoms. The van der Waals surface area contributed by atoms with Crippen molar-refractivity contribution in [1.29, 1.82) is 0 Å². The predicted molar refractivity (Wildman–Crippen MR) is 95.2 cm³/mol. The number of ether oxygens (including phenoxy) is 1. The van der Waals surface area contributed by atoms with E-state index in [9.17, 15) is 4.79 Å². The van der Waals surface area contributed by atoms with Crippen molar-refractivity contribution < 1.29 is 9.53 Å². The van der Waals surface area contributed by atoms with Crippen LogP contribution in [-0.4, -0.2) is 18.1 Å². The summed E-state index contributed by atoms with van der Waals surface area (Å²) in [6, 6.07) is 6.77. The zero-order valence-electron chi connectivity index (χ0n) is 14.7. The minimum absolute atomic E-state index is 0.0766. The fourth-order valence-corrected chi connectivity index (χ4v) is 4.97. The molecule has 3 nitrogen and oxygen atoms in total. The third-order valence-electron chi connectivity index (χ3n) is 6.33.